The van der Waals surface area contributed by atoms with Gasteiger partial charge >= 0.3 is 0 Å². The van der Waals surface area contributed by atoms with Crippen molar-refractivity contribution in [2.75, 3.05) is 5.32 Å². The first kappa shape index (κ1) is 14.7. The van der Waals surface area contributed by atoms with Crippen molar-refractivity contribution in [3.05, 3.63) is 28.4 Å². The van der Waals surface area contributed by atoms with Crippen molar-refractivity contribution < 1.29 is 4.92 Å². The SMILES string of the molecule is Cl.NC1CCC(Nc2ccc([N+](=O)[O-])cn2)CC1. The maximum absolute atomic E-state index is 10.5. The van der Waals surface area contributed by atoms with Gasteiger partial charge in [0.1, 0.15) is 12.0 Å². The van der Waals surface area contributed by atoms with E-state index in [4.69, 9.17) is 5.73 Å². The van der Waals surface area contributed by atoms with Gasteiger partial charge in [-0.3, -0.25) is 10.1 Å². The molecule has 1 aliphatic rings. The first-order valence-electron chi connectivity index (χ1n) is 5.77. The maximum Gasteiger partial charge on any atom is 0.287 e. The molecule has 100 valence electrons. The fourth-order valence-corrected chi connectivity index (χ4v) is 2.05. The zero-order valence-electron chi connectivity index (χ0n) is 9.91. The Kier molecular flexibility index (Phi) is 5.30. The Bertz CT molecular complexity index is 391. The van der Waals surface area contributed by atoms with Gasteiger partial charge in [-0.25, -0.2) is 4.98 Å². The van der Waals surface area contributed by atoms with Crippen LogP contribution in [0.2, 0.25) is 0 Å². The van der Waals surface area contributed by atoms with Gasteiger partial charge in [-0.05, 0) is 31.7 Å². The van der Waals surface area contributed by atoms with Crippen LogP contribution >= 0.6 is 12.4 Å². The van der Waals surface area contributed by atoms with Crippen LogP contribution in [0.4, 0.5) is 11.5 Å². The number of hydrogen-bond acceptors (Lipinski definition) is 5. The number of nitrogens with zero attached hydrogens (tertiary/aromatic N) is 2. The molecule has 0 amide bonds. The monoisotopic (exact) mass is 272 g/mol. The number of rotatable bonds is 3. The second-order valence-electron chi connectivity index (χ2n) is 4.41. The highest BCUT2D eigenvalue weighted by atomic mass is 35.5. The van der Waals surface area contributed by atoms with Gasteiger partial charge in [0.05, 0.1) is 4.92 Å². The van der Waals surface area contributed by atoms with E-state index < -0.39 is 4.92 Å². The molecule has 0 atom stereocenters. The smallest absolute Gasteiger partial charge is 0.287 e. The van der Waals surface area contributed by atoms with Crippen LogP contribution < -0.4 is 11.1 Å². The molecule has 1 saturated carbocycles. The number of hydrogen-bond donors (Lipinski definition) is 2. The highest BCUT2D eigenvalue weighted by molar-refractivity contribution is 5.85. The molecule has 1 heterocycles. The summed E-state index contributed by atoms with van der Waals surface area (Å²) in [5.41, 5.74) is 5.84. The molecule has 0 radical (unpaired) electrons. The van der Waals surface area contributed by atoms with E-state index in [0.29, 0.717) is 17.9 Å². The molecule has 1 aromatic rings. The molecule has 0 aromatic carbocycles. The molecule has 0 spiro atoms. The Hall–Kier alpha value is -1.40. The first-order chi connectivity index (χ1) is 8.15. The molecule has 2 rings (SSSR count). The van der Waals surface area contributed by atoms with Gasteiger partial charge in [-0.2, -0.15) is 0 Å². The lowest BCUT2D eigenvalue weighted by molar-refractivity contribution is -0.385. The standard InChI is InChI=1S/C11H16N4O2.ClH/c12-8-1-3-9(4-2-8)14-11-6-5-10(7-13-11)15(16)17;/h5-9H,1-4,12H2,(H,13,14);1H. The average molecular weight is 273 g/mol. The summed E-state index contributed by atoms with van der Waals surface area (Å²) < 4.78 is 0. The summed E-state index contributed by atoms with van der Waals surface area (Å²) in [6.45, 7) is 0. The Balaban J connectivity index is 0.00000162. The summed E-state index contributed by atoms with van der Waals surface area (Å²) in [4.78, 5) is 14.1. The lowest BCUT2D eigenvalue weighted by atomic mass is 9.92. The highest BCUT2D eigenvalue weighted by Crippen LogP contribution is 2.21. The zero-order chi connectivity index (χ0) is 12.3. The molecule has 0 unspecified atom stereocenters. The van der Waals surface area contributed by atoms with Crippen LogP contribution in [0.25, 0.3) is 0 Å². The van der Waals surface area contributed by atoms with Crippen molar-refractivity contribution in [3.8, 4) is 0 Å². The minimum atomic E-state index is -0.448. The number of nitrogens with one attached hydrogen (secondary N) is 1. The number of nitrogens with two attached hydrogens (primary N) is 1. The van der Waals surface area contributed by atoms with Crippen LogP contribution in [0, 0.1) is 10.1 Å². The lowest BCUT2D eigenvalue weighted by Crippen LogP contribution is -2.32. The van der Waals surface area contributed by atoms with E-state index in [-0.39, 0.29) is 18.1 Å². The van der Waals surface area contributed by atoms with Crippen molar-refractivity contribution in [2.24, 2.45) is 5.73 Å². The van der Waals surface area contributed by atoms with E-state index in [1.165, 1.54) is 12.3 Å². The van der Waals surface area contributed by atoms with Crippen LogP contribution in [0.3, 0.4) is 0 Å². The summed E-state index contributed by atoms with van der Waals surface area (Å²) in [6.07, 6.45) is 5.37. The minimum absolute atomic E-state index is 0. The zero-order valence-corrected chi connectivity index (χ0v) is 10.7. The molecule has 7 heteroatoms. The van der Waals surface area contributed by atoms with Crippen LogP contribution in [-0.2, 0) is 0 Å². The van der Waals surface area contributed by atoms with Crippen LogP contribution in [-0.4, -0.2) is 22.0 Å². The molecular weight excluding hydrogens is 256 g/mol. The molecule has 18 heavy (non-hydrogen) atoms. The van der Waals surface area contributed by atoms with Crippen molar-refractivity contribution in [1.82, 2.24) is 4.98 Å². The Labute approximate surface area is 112 Å². The van der Waals surface area contributed by atoms with Crippen molar-refractivity contribution in [1.29, 1.82) is 0 Å². The summed E-state index contributed by atoms with van der Waals surface area (Å²) in [5.74, 6) is 0.691. The van der Waals surface area contributed by atoms with Gasteiger partial charge in [0.2, 0.25) is 0 Å². The predicted molar refractivity (Wildman–Crippen MR) is 72.0 cm³/mol. The van der Waals surface area contributed by atoms with Gasteiger partial charge in [0.25, 0.3) is 5.69 Å². The lowest BCUT2D eigenvalue weighted by Gasteiger charge is -2.27. The molecule has 1 aromatic heterocycles. The summed E-state index contributed by atoms with van der Waals surface area (Å²) in [7, 11) is 0. The minimum Gasteiger partial charge on any atom is -0.367 e. The van der Waals surface area contributed by atoms with Crippen LogP contribution in [0.5, 0.6) is 0 Å². The molecule has 0 bridgehead atoms. The van der Waals surface area contributed by atoms with E-state index in [0.717, 1.165) is 25.7 Å². The normalized spacial score (nSPS) is 22.9. The number of halogens is 1. The second-order valence-corrected chi connectivity index (χ2v) is 4.41. The molecule has 0 saturated heterocycles. The molecule has 0 aliphatic heterocycles. The number of pyridine rings is 1. The maximum atomic E-state index is 10.5. The van der Waals surface area contributed by atoms with Crippen molar-refractivity contribution in [3.63, 3.8) is 0 Å². The van der Waals surface area contributed by atoms with Gasteiger partial charge < -0.3 is 11.1 Å². The van der Waals surface area contributed by atoms with Crippen LogP contribution in [0.15, 0.2) is 18.3 Å². The molecule has 1 fully saturated rings. The Morgan fingerprint density at radius 3 is 2.50 bits per heavy atom. The van der Waals surface area contributed by atoms with E-state index >= 15 is 0 Å². The van der Waals surface area contributed by atoms with Gasteiger partial charge in [0, 0.05) is 18.2 Å². The van der Waals surface area contributed by atoms with Crippen molar-refractivity contribution >= 4 is 23.9 Å². The largest absolute Gasteiger partial charge is 0.367 e. The van der Waals surface area contributed by atoms with E-state index in [1.54, 1.807) is 6.07 Å². The highest BCUT2D eigenvalue weighted by Gasteiger charge is 2.18. The fourth-order valence-electron chi connectivity index (χ4n) is 2.05. The Morgan fingerprint density at radius 1 is 1.33 bits per heavy atom. The molecule has 3 N–H and O–H groups in total. The summed E-state index contributed by atoms with van der Waals surface area (Å²) in [6, 6.07) is 3.80. The number of nitro groups is 1. The van der Waals surface area contributed by atoms with Gasteiger partial charge in [0.15, 0.2) is 0 Å². The van der Waals surface area contributed by atoms with Gasteiger partial charge in [-0.1, -0.05) is 0 Å². The molecular formula is C11H17ClN4O2. The van der Waals surface area contributed by atoms with Crippen LogP contribution in [0.1, 0.15) is 25.7 Å². The van der Waals surface area contributed by atoms with Crippen molar-refractivity contribution in [2.45, 2.75) is 37.8 Å². The third-order valence-electron chi connectivity index (χ3n) is 3.08. The topological polar surface area (TPSA) is 94.1 Å². The average Bonchev–Trinajstić information content (AvgIpc) is 2.33. The van der Waals surface area contributed by atoms with E-state index in [9.17, 15) is 10.1 Å². The van der Waals surface area contributed by atoms with E-state index in [2.05, 4.69) is 10.3 Å². The predicted octanol–water partition coefficient (Wildman–Crippen LogP) is 2.09. The third kappa shape index (κ3) is 3.82. The van der Waals surface area contributed by atoms with Gasteiger partial charge in [-0.15, -0.1) is 12.4 Å². The third-order valence-corrected chi connectivity index (χ3v) is 3.08. The molecule has 1 aliphatic carbocycles. The Morgan fingerprint density at radius 2 is 2.00 bits per heavy atom. The summed E-state index contributed by atoms with van der Waals surface area (Å²) in [5, 5.41) is 13.7. The number of anilines is 1. The first-order valence-corrected chi connectivity index (χ1v) is 5.77. The van der Waals surface area contributed by atoms with E-state index in [1.807, 2.05) is 0 Å². The second kappa shape index (κ2) is 6.51. The quantitative estimate of drug-likeness (QED) is 0.649. The summed E-state index contributed by atoms with van der Waals surface area (Å²) >= 11 is 0. The fraction of sp³-hybridized carbons (Fsp3) is 0.545. The molecule has 6 nitrogen and oxygen atoms in total. The number of aromatic nitrogens is 1.